The molecule has 110 valence electrons. The molecule has 0 aromatic heterocycles. The number of hydrogen-bond donors (Lipinski definition) is 2. The lowest BCUT2D eigenvalue weighted by molar-refractivity contribution is -0.138. The van der Waals surface area contributed by atoms with E-state index in [2.05, 4.69) is 31.3 Å². The predicted octanol–water partition coefficient (Wildman–Crippen LogP) is 2.48. The van der Waals surface area contributed by atoms with Gasteiger partial charge in [0.1, 0.15) is 0 Å². The Hall–Kier alpha value is -1.84. The molecule has 0 fully saturated rings. The Labute approximate surface area is 120 Å². The molecule has 0 spiro atoms. The number of carbonyl (C=O) groups is 2. The van der Waals surface area contributed by atoms with Crippen LogP contribution in [-0.2, 0) is 16.0 Å². The molecule has 20 heavy (non-hydrogen) atoms. The van der Waals surface area contributed by atoms with Crippen LogP contribution < -0.4 is 5.32 Å². The molecule has 0 aliphatic carbocycles. The molecular weight excluding hydrogens is 254 g/mol. The van der Waals surface area contributed by atoms with Gasteiger partial charge in [-0.05, 0) is 23.8 Å². The topological polar surface area (TPSA) is 66.4 Å². The minimum absolute atomic E-state index is 0.0471. The van der Waals surface area contributed by atoms with Crippen molar-refractivity contribution in [1.82, 2.24) is 5.32 Å². The van der Waals surface area contributed by atoms with E-state index in [9.17, 15) is 9.59 Å². The number of amides is 1. The summed E-state index contributed by atoms with van der Waals surface area (Å²) in [6.45, 7) is 4.86. The molecule has 1 aromatic carbocycles. The van der Waals surface area contributed by atoms with Crippen molar-refractivity contribution in [1.29, 1.82) is 0 Å². The molecule has 0 aliphatic rings. The van der Waals surface area contributed by atoms with Crippen LogP contribution in [0.3, 0.4) is 0 Å². The van der Waals surface area contributed by atoms with Crippen molar-refractivity contribution in [3.8, 4) is 0 Å². The maximum atomic E-state index is 11.6. The van der Waals surface area contributed by atoms with E-state index in [-0.39, 0.29) is 18.7 Å². The average Bonchev–Trinajstić information content (AvgIpc) is 2.42. The summed E-state index contributed by atoms with van der Waals surface area (Å²) in [5, 5.41) is 11.4. The van der Waals surface area contributed by atoms with Crippen molar-refractivity contribution < 1.29 is 14.7 Å². The quantitative estimate of drug-likeness (QED) is 0.767. The average molecular weight is 277 g/mol. The van der Waals surface area contributed by atoms with E-state index >= 15 is 0 Å². The number of carboxylic acids is 1. The highest BCUT2D eigenvalue weighted by atomic mass is 16.4. The third-order valence-electron chi connectivity index (χ3n) is 3.41. The number of rotatable bonds is 8. The summed E-state index contributed by atoms with van der Waals surface area (Å²) in [5.41, 5.74) is 1.26. The second kappa shape index (κ2) is 8.35. The number of aliphatic carboxylic acids is 1. The molecule has 1 amide bonds. The third kappa shape index (κ3) is 6.36. The third-order valence-corrected chi connectivity index (χ3v) is 3.41. The van der Waals surface area contributed by atoms with Crippen molar-refractivity contribution in [2.45, 2.75) is 33.1 Å². The zero-order valence-electron chi connectivity index (χ0n) is 12.1. The van der Waals surface area contributed by atoms with Crippen LogP contribution in [0.15, 0.2) is 30.3 Å². The number of hydrogen-bond acceptors (Lipinski definition) is 2. The predicted molar refractivity (Wildman–Crippen MR) is 78.4 cm³/mol. The molecule has 4 heteroatoms. The van der Waals surface area contributed by atoms with Crippen LogP contribution in [0.1, 0.15) is 32.3 Å². The van der Waals surface area contributed by atoms with Gasteiger partial charge in [-0.2, -0.15) is 0 Å². The largest absolute Gasteiger partial charge is 0.481 e. The van der Waals surface area contributed by atoms with Crippen molar-refractivity contribution in [2.24, 2.45) is 11.8 Å². The molecular formula is C16H23NO3. The van der Waals surface area contributed by atoms with Gasteiger partial charge in [0, 0.05) is 13.0 Å². The van der Waals surface area contributed by atoms with E-state index in [0.717, 1.165) is 6.42 Å². The van der Waals surface area contributed by atoms with E-state index in [0.29, 0.717) is 18.4 Å². The summed E-state index contributed by atoms with van der Waals surface area (Å²) in [7, 11) is 0. The summed E-state index contributed by atoms with van der Waals surface area (Å²) in [5.74, 6) is -0.322. The summed E-state index contributed by atoms with van der Waals surface area (Å²) in [6, 6.07) is 10.2. The van der Waals surface area contributed by atoms with Crippen LogP contribution in [0, 0.1) is 11.8 Å². The Kier molecular flexibility index (Phi) is 6.77. The molecule has 0 radical (unpaired) electrons. The molecule has 0 saturated carbocycles. The summed E-state index contributed by atoms with van der Waals surface area (Å²) in [6.07, 6.45) is 0.847. The fourth-order valence-electron chi connectivity index (χ4n) is 2.01. The number of benzene rings is 1. The van der Waals surface area contributed by atoms with E-state index in [1.165, 1.54) is 5.56 Å². The molecule has 1 rings (SSSR count). The van der Waals surface area contributed by atoms with Crippen LogP contribution in [0.25, 0.3) is 0 Å². The fourth-order valence-corrected chi connectivity index (χ4v) is 2.01. The van der Waals surface area contributed by atoms with Crippen molar-refractivity contribution in [3.05, 3.63) is 35.9 Å². The van der Waals surface area contributed by atoms with Gasteiger partial charge in [-0.3, -0.25) is 9.59 Å². The van der Waals surface area contributed by atoms with E-state index in [1.807, 2.05) is 18.2 Å². The van der Waals surface area contributed by atoms with Gasteiger partial charge in [-0.25, -0.2) is 0 Å². The van der Waals surface area contributed by atoms with Gasteiger partial charge < -0.3 is 10.4 Å². The number of carbonyl (C=O) groups excluding carboxylic acids is 1. The number of carboxylic acid groups (broad SMARTS) is 1. The molecule has 0 heterocycles. The van der Waals surface area contributed by atoms with E-state index in [4.69, 9.17) is 5.11 Å². The van der Waals surface area contributed by atoms with Crippen molar-refractivity contribution >= 4 is 11.9 Å². The van der Waals surface area contributed by atoms with Gasteiger partial charge in [0.05, 0.1) is 6.42 Å². The molecule has 4 nitrogen and oxygen atoms in total. The highest BCUT2D eigenvalue weighted by Crippen LogP contribution is 2.16. The van der Waals surface area contributed by atoms with Crippen molar-refractivity contribution in [2.75, 3.05) is 6.54 Å². The first-order valence-electron chi connectivity index (χ1n) is 7.01. The SMILES string of the molecule is CC(C)C(CNC(=O)CCC(=O)O)Cc1ccccc1. The van der Waals surface area contributed by atoms with Crippen LogP contribution in [-0.4, -0.2) is 23.5 Å². The molecule has 2 N–H and O–H groups in total. The Morgan fingerprint density at radius 3 is 2.35 bits per heavy atom. The Bertz CT molecular complexity index is 429. The molecule has 0 saturated heterocycles. The van der Waals surface area contributed by atoms with Gasteiger partial charge in [0.2, 0.25) is 5.91 Å². The highest BCUT2D eigenvalue weighted by Gasteiger charge is 2.15. The van der Waals surface area contributed by atoms with Gasteiger partial charge in [-0.15, -0.1) is 0 Å². The standard InChI is InChI=1S/C16H23NO3/c1-12(2)14(10-13-6-4-3-5-7-13)11-17-15(18)8-9-16(19)20/h3-7,12,14H,8-11H2,1-2H3,(H,17,18)(H,19,20). The highest BCUT2D eigenvalue weighted by molar-refractivity contribution is 5.80. The van der Waals surface area contributed by atoms with E-state index < -0.39 is 5.97 Å². The molecule has 1 atom stereocenters. The second-order valence-electron chi connectivity index (χ2n) is 5.39. The Morgan fingerprint density at radius 1 is 1.15 bits per heavy atom. The smallest absolute Gasteiger partial charge is 0.303 e. The zero-order valence-corrected chi connectivity index (χ0v) is 12.1. The maximum Gasteiger partial charge on any atom is 0.303 e. The van der Waals surface area contributed by atoms with Crippen LogP contribution >= 0.6 is 0 Å². The van der Waals surface area contributed by atoms with E-state index in [1.54, 1.807) is 0 Å². The lowest BCUT2D eigenvalue weighted by Gasteiger charge is -2.21. The van der Waals surface area contributed by atoms with Crippen molar-refractivity contribution in [3.63, 3.8) is 0 Å². The monoisotopic (exact) mass is 277 g/mol. The van der Waals surface area contributed by atoms with Crippen LogP contribution in [0.4, 0.5) is 0 Å². The number of nitrogens with one attached hydrogen (secondary N) is 1. The van der Waals surface area contributed by atoms with Crippen LogP contribution in [0.5, 0.6) is 0 Å². The second-order valence-corrected chi connectivity index (χ2v) is 5.39. The molecule has 1 aromatic rings. The minimum Gasteiger partial charge on any atom is -0.481 e. The minimum atomic E-state index is -0.940. The maximum absolute atomic E-state index is 11.6. The van der Waals surface area contributed by atoms with Crippen LogP contribution in [0.2, 0.25) is 0 Å². The molecule has 1 unspecified atom stereocenters. The molecule has 0 aliphatic heterocycles. The van der Waals surface area contributed by atoms with Gasteiger partial charge in [-0.1, -0.05) is 44.2 Å². The summed E-state index contributed by atoms with van der Waals surface area (Å²) < 4.78 is 0. The lowest BCUT2D eigenvalue weighted by atomic mass is 9.89. The first-order valence-corrected chi connectivity index (χ1v) is 7.01. The first kappa shape index (κ1) is 16.2. The summed E-state index contributed by atoms with van der Waals surface area (Å²) in [4.78, 5) is 22.0. The van der Waals surface area contributed by atoms with Gasteiger partial charge in [0.15, 0.2) is 0 Å². The normalized spacial score (nSPS) is 12.2. The van der Waals surface area contributed by atoms with Gasteiger partial charge >= 0.3 is 5.97 Å². The summed E-state index contributed by atoms with van der Waals surface area (Å²) >= 11 is 0. The Balaban J connectivity index is 2.43. The van der Waals surface area contributed by atoms with Gasteiger partial charge in [0.25, 0.3) is 0 Å². The first-order chi connectivity index (χ1) is 9.49. The molecule has 0 bridgehead atoms. The Morgan fingerprint density at radius 2 is 1.80 bits per heavy atom. The lowest BCUT2D eigenvalue weighted by Crippen LogP contribution is -2.32. The fraction of sp³-hybridized carbons (Fsp3) is 0.500. The zero-order chi connectivity index (χ0) is 15.0.